The SMILES string of the molecule is CCCCCC[Si](CCCCCC)(CCCCCC)Oc1cc(-c2ccc(C)s2)c(O[Si](CCCCCC)(CCCCCC)CCCCCC)cc1-c1ccc(C)s1. The Balaban J connectivity index is 2.27. The summed E-state index contributed by atoms with van der Waals surface area (Å²) in [6.07, 6.45) is 31.7. The zero-order valence-corrected chi connectivity index (χ0v) is 42.9. The lowest BCUT2D eigenvalue weighted by Crippen LogP contribution is -2.42. The van der Waals surface area contributed by atoms with E-state index in [0.29, 0.717) is 0 Å². The van der Waals surface area contributed by atoms with Gasteiger partial charge in [-0.2, -0.15) is 0 Å². The minimum absolute atomic E-state index is 1.16. The van der Waals surface area contributed by atoms with Crippen molar-refractivity contribution in [1.29, 1.82) is 0 Å². The van der Waals surface area contributed by atoms with Crippen LogP contribution in [0.3, 0.4) is 0 Å². The molecular weight excluding hydrogens is 777 g/mol. The molecule has 3 aromatic rings. The Morgan fingerprint density at radius 1 is 0.362 bits per heavy atom. The van der Waals surface area contributed by atoms with Gasteiger partial charge in [0.15, 0.2) is 0 Å². The van der Waals surface area contributed by atoms with Crippen molar-refractivity contribution >= 4 is 39.3 Å². The van der Waals surface area contributed by atoms with Gasteiger partial charge in [0.05, 0.1) is 0 Å². The second-order valence-electron chi connectivity index (χ2n) is 18.1. The summed E-state index contributed by atoms with van der Waals surface area (Å²) in [7, 11) is -4.25. The first-order valence-electron chi connectivity index (χ1n) is 25.0. The largest absolute Gasteiger partial charge is 0.543 e. The highest BCUT2D eigenvalue weighted by atomic mass is 32.1. The molecule has 2 heterocycles. The molecule has 0 saturated carbocycles. The topological polar surface area (TPSA) is 18.5 Å². The zero-order valence-electron chi connectivity index (χ0n) is 39.3. The van der Waals surface area contributed by atoms with Gasteiger partial charge in [-0.25, -0.2) is 0 Å². The van der Waals surface area contributed by atoms with Crippen LogP contribution in [-0.2, 0) is 0 Å². The fourth-order valence-corrected chi connectivity index (χ4v) is 19.6. The molecule has 0 saturated heterocycles. The standard InChI is InChI=1S/C52H90O2S2Si2/c1-9-15-21-27-37-57(38-28-22-16-10-2,39-29-23-17-11-3)53-49-43-48(52-36-34-46(8)56-52)50(44-47(49)51-35-33-45(7)55-51)54-58(40-30-24-18-12-4,41-31-25-19-13-5)42-32-26-20-14-6/h33-36,43-44H,9-32,37-42H2,1-8H3. The smallest absolute Gasteiger partial charge is 0.251 e. The van der Waals surface area contributed by atoms with Crippen molar-refractivity contribution < 1.29 is 8.85 Å². The van der Waals surface area contributed by atoms with Crippen LogP contribution in [0.1, 0.15) is 205 Å². The molecule has 0 aliphatic rings. The molecule has 1 aromatic carbocycles. The summed E-state index contributed by atoms with van der Waals surface area (Å²) >= 11 is 3.88. The van der Waals surface area contributed by atoms with Crippen LogP contribution in [0.5, 0.6) is 11.5 Å². The monoisotopic (exact) mass is 867 g/mol. The maximum atomic E-state index is 7.97. The molecule has 6 heteroatoms. The van der Waals surface area contributed by atoms with Crippen LogP contribution in [0.25, 0.3) is 20.9 Å². The zero-order chi connectivity index (χ0) is 41.9. The summed E-state index contributed by atoms with van der Waals surface area (Å²) in [6.45, 7) is 18.6. The van der Waals surface area contributed by atoms with Crippen LogP contribution in [0, 0.1) is 13.8 Å². The maximum Gasteiger partial charge on any atom is 0.251 e. The first-order valence-corrected chi connectivity index (χ1v) is 31.7. The van der Waals surface area contributed by atoms with E-state index in [1.165, 1.54) is 221 Å². The minimum atomic E-state index is -2.13. The highest BCUT2D eigenvalue weighted by molar-refractivity contribution is 7.15. The Morgan fingerprint density at radius 3 is 0.828 bits per heavy atom. The molecule has 2 aromatic heterocycles. The van der Waals surface area contributed by atoms with E-state index < -0.39 is 16.6 Å². The Labute approximate surface area is 370 Å². The third-order valence-corrected chi connectivity index (χ3v) is 23.6. The number of unbranched alkanes of at least 4 members (excludes halogenated alkanes) is 18. The van der Waals surface area contributed by atoms with Crippen LogP contribution >= 0.6 is 22.7 Å². The first-order chi connectivity index (χ1) is 28.3. The van der Waals surface area contributed by atoms with Crippen molar-refractivity contribution in [3.63, 3.8) is 0 Å². The van der Waals surface area contributed by atoms with Crippen molar-refractivity contribution in [1.82, 2.24) is 0 Å². The average Bonchev–Trinajstić information content (AvgIpc) is 3.87. The van der Waals surface area contributed by atoms with E-state index in [1.54, 1.807) is 0 Å². The van der Waals surface area contributed by atoms with Crippen LogP contribution in [0.15, 0.2) is 36.4 Å². The molecular formula is C52H90O2S2Si2. The molecule has 0 spiro atoms. The second-order valence-corrected chi connectivity index (χ2v) is 28.8. The number of aryl methyl sites for hydroxylation is 2. The van der Waals surface area contributed by atoms with Gasteiger partial charge in [-0.05, 0) is 86.5 Å². The Morgan fingerprint density at radius 2 is 0.621 bits per heavy atom. The first kappa shape index (κ1) is 51.0. The van der Waals surface area contributed by atoms with Crippen LogP contribution < -0.4 is 8.85 Å². The van der Waals surface area contributed by atoms with Gasteiger partial charge in [-0.3, -0.25) is 0 Å². The molecule has 3 rings (SSSR count). The number of benzene rings is 1. The molecule has 330 valence electrons. The predicted octanol–water partition coefficient (Wildman–Crippen LogP) is 19.9. The molecule has 0 radical (unpaired) electrons. The van der Waals surface area contributed by atoms with Gasteiger partial charge in [0.1, 0.15) is 11.5 Å². The highest BCUT2D eigenvalue weighted by Crippen LogP contribution is 2.48. The predicted molar refractivity (Wildman–Crippen MR) is 269 cm³/mol. The summed E-state index contributed by atoms with van der Waals surface area (Å²) in [5.74, 6) is 2.31. The molecule has 0 aliphatic heterocycles. The van der Waals surface area contributed by atoms with E-state index in [2.05, 4.69) is 91.8 Å². The van der Waals surface area contributed by atoms with Crippen molar-refractivity contribution in [2.45, 2.75) is 246 Å². The van der Waals surface area contributed by atoms with Crippen LogP contribution in [0.2, 0.25) is 36.3 Å². The minimum Gasteiger partial charge on any atom is -0.543 e. The van der Waals surface area contributed by atoms with Crippen molar-refractivity contribution in [3.8, 4) is 32.4 Å². The summed E-state index contributed by atoms with van der Waals surface area (Å²) in [5.41, 5.74) is 2.59. The number of hydrogen-bond acceptors (Lipinski definition) is 4. The van der Waals surface area contributed by atoms with Crippen LogP contribution in [0.4, 0.5) is 0 Å². The van der Waals surface area contributed by atoms with E-state index in [1.807, 2.05) is 22.7 Å². The number of thiophene rings is 2. The quantitative estimate of drug-likeness (QED) is 0.0428. The lowest BCUT2D eigenvalue weighted by atomic mass is 10.1. The molecule has 0 unspecified atom stereocenters. The van der Waals surface area contributed by atoms with E-state index in [9.17, 15) is 0 Å². The molecule has 0 N–H and O–H groups in total. The molecule has 0 bridgehead atoms. The van der Waals surface area contributed by atoms with E-state index in [-0.39, 0.29) is 0 Å². The lowest BCUT2D eigenvalue weighted by Gasteiger charge is -2.36. The summed E-state index contributed by atoms with van der Waals surface area (Å²) in [6, 6.07) is 22.2. The number of rotatable bonds is 36. The van der Waals surface area contributed by atoms with Gasteiger partial charge in [-0.15, -0.1) is 22.7 Å². The fourth-order valence-electron chi connectivity index (χ4n) is 9.04. The molecule has 0 amide bonds. The fraction of sp³-hybridized carbons (Fsp3) is 0.731. The van der Waals surface area contributed by atoms with E-state index in [0.717, 1.165) is 11.5 Å². The third kappa shape index (κ3) is 18.3. The average molecular weight is 868 g/mol. The molecule has 58 heavy (non-hydrogen) atoms. The van der Waals surface area contributed by atoms with Gasteiger partial charge in [0.25, 0.3) is 16.6 Å². The van der Waals surface area contributed by atoms with Crippen molar-refractivity contribution in [2.24, 2.45) is 0 Å². The highest BCUT2D eigenvalue weighted by Gasteiger charge is 2.39. The summed E-state index contributed by atoms with van der Waals surface area (Å²) < 4.78 is 15.9. The van der Waals surface area contributed by atoms with Gasteiger partial charge >= 0.3 is 0 Å². The van der Waals surface area contributed by atoms with Gasteiger partial charge in [0.2, 0.25) is 0 Å². The molecule has 0 aliphatic carbocycles. The van der Waals surface area contributed by atoms with E-state index >= 15 is 0 Å². The molecule has 0 fully saturated rings. The van der Waals surface area contributed by atoms with Gasteiger partial charge in [0, 0.05) is 30.6 Å². The Hall–Kier alpha value is -1.35. The Kier molecular flexibility index (Phi) is 26.2. The van der Waals surface area contributed by atoms with Crippen molar-refractivity contribution in [2.75, 3.05) is 0 Å². The summed E-state index contributed by atoms with van der Waals surface area (Å²) in [4.78, 5) is 5.43. The van der Waals surface area contributed by atoms with E-state index in [4.69, 9.17) is 8.85 Å². The van der Waals surface area contributed by atoms with Gasteiger partial charge in [-0.1, -0.05) is 196 Å². The lowest BCUT2D eigenvalue weighted by molar-refractivity contribution is 0.494. The Bertz CT molecular complexity index is 1310. The van der Waals surface area contributed by atoms with Crippen LogP contribution in [-0.4, -0.2) is 16.6 Å². The molecule has 0 atom stereocenters. The molecule has 2 nitrogen and oxygen atoms in total. The van der Waals surface area contributed by atoms with Gasteiger partial charge < -0.3 is 8.85 Å². The number of hydrogen-bond donors (Lipinski definition) is 0. The normalized spacial score (nSPS) is 12.1. The summed E-state index contributed by atoms with van der Waals surface area (Å²) in [5, 5.41) is 0. The maximum absolute atomic E-state index is 7.97. The van der Waals surface area contributed by atoms with Crippen molar-refractivity contribution in [3.05, 3.63) is 46.2 Å². The third-order valence-electron chi connectivity index (χ3n) is 12.7. The second kappa shape index (κ2) is 29.8.